The Labute approximate surface area is 136 Å². The maximum absolute atomic E-state index is 12.7. The molecule has 1 N–H and O–H groups in total. The van der Waals surface area contributed by atoms with Gasteiger partial charge in [-0.2, -0.15) is 0 Å². The van der Waals surface area contributed by atoms with Crippen LogP contribution in [0.5, 0.6) is 17.2 Å². The van der Waals surface area contributed by atoms with Crippen molar-refractivity contribution in [3.63, 3.8) is 0 Å². The molecule has 2 aliphatic heterocycles. The van der Waals surface area contributed by atoms with Crippen molar-refractivity contribution in [1.82, 2.24) is 4.90 Å². The van der Waals surface area contributed by atoms with E-state index in [1.165, 1.54) is 0 Å². The smallest absolute Gasteiger partial charge is 0.322 e. The van der Waals surface area contributed by atoms with E-state index in [4.69, 9.17) is 14.2 Å². The number of ether oxygens (including phenoxy) is 3. The first-order chi connectivity index (χ1) is 11.2. The Kier molecular flexibility index (Phi) is 4.32. The number of fused-ring (bicyclic) bond motifs is 2. The van der Waals surface area contributed by atoms with Crippen molar-refractivity contribution in [2.45, 2.75) is 31.3 Å². The number of nitrogens with zero attached hydrogens (tertiary/aromatic N) is 1. The van der Waals surface area contributed by atoms with Gasteiger partial charge in [0.25, 0.3) is 0 Å². The fourth-order valence-corrected chi connectivity index (χ4v) is 3.38. The van der Waals surface area contributed by atoms with Crippen molar-refractivity contribution in [3.05, 3.63) is 24.3 Å². The van der Waals surface area contributed by atoms with Crippen LogP contribution in [0.25, 0.3) is 0 Å². The van der Waals surface area contributed by atoms with Gasteiger partial charge in [0.1, 0.15) is 0 Å². The Bertz CT molecular complexity index is 604. The number of hydrogen-bond acceptors (Lipinski definition) is 4. The third-order valence-corrected chi connectivity index (χ3v) is 4.46. The number of hydrogen-bond donors (Lipinski definition) is 1. The highest BCUT2D eigenvalue weighted by Crippen LogP contribution is 2.40. The molecule has 2 aliphatic rings. The number of nitrogens with one attached hydrogen (secondary N) is 1. The lowest BCUT2D eigenvalue weighted by molar-refractivity contribution is 0.192. The number of amides is 2. The van der Waals surface area contributed by atoms with Crippen LogP contribution in [-0.4, -0.2) is 44.3 Å². The van der Waals surface area contributed by atoms with Gasteiger partial charge in [-0.15, -0.1) is 0 Å². The summed E-state index contributed by atoms with van der Waals surface area (Å²) in [5.41, 5.74) is 0.624. The molecule has 0 aromatic heterocycles. The molecular weight excluding hydrogens is 296 g/mol. The molecule has 2 bridgehead atoms. The maximum Gasteiger partial charge on any atom is 0.322 e. The van der Waals surface area contributed by atoms with E-state index in [0.717, 1.165) is 19.3 Å². The number of methoxy groups -OCH3 is 3. The predicted octanol–water partition coefficient (Wildman–Crippen LogP) is 3.04. The van der Waals surface area contributed by atoms with Gasteiger partial charge < -0.3 is 24.4 Å². The molecule has 1 aromatic carbocycles. The van der Waals surface area contributed by atoms with Gasteiger partial charge in [0.05, 0.1) is 33.1 Å². The largest absolute Gasteiger partial charge is 0.493 e. The third kappa shape index (κ3) is 2.81. The molecule has 0 aliphatic carbocycles. The topological polar surface area (TPSA) is 60.0 Å². The van der Waals surface area contributed by atoms with E-state index in [0.29, 0.717) is 29.0 Å². The minimum absolute atomic E-state index is 0.0869. The van der Waals surface area contributed by atoms with Crippen LogP contribution in [0.2, 0.25) is 0 Å². The second-order valence-corrected chi connectivity index (χ2v) is 5.71. The molecule has 2 heterocycles. The van der Waals surface area contributed by atoms with E-state index in [9.17, 15) is 4.79 Å². The zero-order valence-electron chi connectivity index (χ0n) is 13.7. The molecule has 0 radical (unpaired) electrons. The molecule has 2 atom stereocenters. The summed E-state index contributed by atoms with van der Waals surface area (Å²) >= 11 is 0. The van der Waals surface area contributed by atoms with Crippen molar-refractivity contribution in [2.24, 2.45) is 0 Å². The predicted molar refractivity (Wildman–Crippen MR) is 87.5 cm³/mol. The summed E-state index contributed by atoms with van der Waals surface area (Å²) in [7, 11) is 4.66. The minimum atomic E-state index is -0.0869. The minimum Gasteiger partial charge on any atom is -0.493 e. The fraction of sp³-hybridized carbons (Fsp3) is 0.471. The van der Waals surface area contributed by atoms with Crippen LogP contribution < -0.4 is 19.5 Å². The standard InChI is InChI=1S/C17H22N2O4/c1-21-14-9-11(10-15(22-2)16(14)23-3)18-17(20)19-12-5-4-6-13(19)8-7-12/h4-5,9-10,12-13H,6-8H2,1-3H3,(H,18,20)/t12-,13-/m0/s1. The second-order valence-electron chi connectivity index (χ2n) is 5.71. The lowest BCUT2D eigenvalue weighted by atomic mass is 10.1. The Morgan fingerprint density at radius 2 is 1.83 bits per heavy atom. The maximum atomic E-state index is 12.7. The molecule has 23 heavy (non-hydrogen) atoms. The number of carbonyl (C=O) groups is 1. The van der Waals surface area contributed by atoms with Crippen molar-refractivity contribution >= 4 is 11.7 Å². The molecule has 6 nitrogen and oxygen atoms in total. The molecule has 1 fully saturated rings. The SMILES string of the molecule is COc1cc(NC(=O)N2[C@H]3CC=C[C@H]2CC3)cc(OC)c1OC. The second kappa shape index (κ2) is 6.40. The van der Waals surface area contributed by atoms with Crippen LogP contribution in [0.15, 0.2) is 24.3 Å². The molecule has 2 amide bonds. The van der Waals surface area contributed by atoms with Crippen LogP contribution in [-0.2, 0) is 0 Å². The molecule has 124 valence electrons. The summed E-state index contributed by atoms with van der Waals surface area (Å²) in [6, 6.07) is 3.89. The molecule has 6 heteroatoms. The first-order valence-electron chi connectivity index (χ1n) is 7.74. The molecule has 3 rings (SSSR count). The number of benzene rings is 1. The van der Waals surface area contributed by atoms with Crippen molar-refractivity contribution in [1.29, 1.82) is 0 Å². The number of carbonyl (C=O) groups excluding carboxylic acids is 1. The number of anilines is 1. The molecule has 1 aromatic rings. The summed E-state index contributed by atoms with van der Waals surface area (Å²) in [4.78, 5) is 14.6. The van der Waals surface area contributed by atoms with Gasteiger partial charge in [0.15, 0.2) is 11.5 Å². The van der Waals surface area contributed by atoms with E-state index in [1.54, 1.807) is 33.5 Å². The molecule has 0 saturated carbocycles. The molecular formula is C17H22N2O4. The van der Waals surface area contributed by atoms with Crippen molar-refractivity contribution < 1.29 is 19.0 Å². The monoisotopic (exact) mass is 318 g/mol. The highest BCUT2D eigenvalue weighted by atomic mass is 16.5. The summed E-state index contributed by atoms with van der Waals surface area (Å²) < 4.78 is 15.9. The highest BCUT2D eigenvalue weighted by Gasteiger charge is 2.37. The average Bonchev–Trinajstić information content (AvgIpc) is 2.83. The van der Waals surface area contributed by atoms with Gasteiger partial charge >= 0.3 is 6.03 Å². The van der Waals surface area contributed by atoms with Crippen LogP contribution in [0.4, 0.5) is 10.5 Å². The van der Waals surface area contributed by atoms with E-state index >= 15 is 0 Å². The summed E-state index contributed by atoms with van der Waals surface area (Å²) in [6.45, 7) is 0. The van der Waals surface area contributed by atoms with E-state index in [1.807, 2.05) is 4.90 Å². The zero-order chi connectivity index (χ0) is 16.4. The Balaban J connectivity index is 1.82. The zero-order valence-corrected chi connectivity index (χ0v) is 13.7. The lowest BCUT2D eigenvalue weighted by Gasteiger charge is -2.31. The first-order valence-corrected chi connectivity index (χ1v) is 7.74. The molecule has 0 unspecified atom stereocenters. The summed E-state index contributed by atoms with van der Waals surface area (Å²) in [5, 5.41) is 2.95. The Morgan fingerprint density at radius 1 is 1.13 bits per heavy atom. The summed E-state index contributed by atoms with van der Waals surface area (Å²) in [5.74, 6) is 1.54. The van der Waals surface area contributed by atoms with E-state index in [2.05, 4.69) is 17.5 Å². The normalized spacial score (nSPS) is 22.0. The van der Waals surface area contributed by atoms with Crippen molar-refractivity contribution in [2.75, 3.05) is 26.6 Å². The third-order valence-electron chi connectivity index (χ3n) is 4.46. The van der Waals surface area contributed by atoms with E-state index in [-0.39, 0.29) is 12.1 Å². The van der Waals surface area contributed by atoms with Crippen LogP contribution in [0.3, 0.4) is 0 Å². The van der Waals surface area contributed by atoms with Gasteiger partial charge in [-0.1, -0.05) is 12.2 Å². The molecule has 0 spiro atoms. The van der Waals surface area contributed by atoms with Crippen LogP contribution >= 0.6 is 0 Å². The quantitative estimate of drug-likeness (QED) is 0.867. The van der Waals surface area contributed by atoms with Crippen LogP contribution in [0.1, 0.15) is 19.3 Å². The van der Waals surface area contributed by atoms with Crippen molar-refractivity contribution in [3.8, 4) is 17.2 Å². The van der Waals surface area contributed by atoms with Gasteiger partial charge in [0, 0.05) is 18.2 Å². The fourth-order valence-electron chi connectivity index (χ4n) is 3.38. The van der Waals surface area contributed by atoms with E-state index < -0.39 is 0 Å². The number of rotatable bonds is 4. The first kappa shape index (κ1) is 15.5. The average molecular weight is 318 g/mol. The Hall–Kier alpha value is -2.37. The molecule has 1 saturated heterocycles. The number of urea groups is 1. The van der Waals surface area contributed by atoms with Gasteiger partial charge in [-0.25, -0.2) is 4.79 Å². The lowest BCUT2D eigenvalue weighted by Crippen LogP contribution is -2.44. The van der Waals surface area contributed by atoms with Gasteiger partial charge in [-0.3, -0.25) is 0 Å². The highest BCUT2D eigenvalue weighted by molar-refractivity contribution is 5.91. The Morgan fingerprint density at radius 3 is 2.39 bits per heavy atom. The van der Waals surface area contributed by atoms with Crippen LogP contribution in [0, 0.1) is 0 Å². The van der Waals surface area contributed by atoms with Gasteiger partial charge in [0.2, 0.25) is 5.75 Å². The summed E-state index contributed by atoms with van der Waals surface area (Å²) in [6.07, 6.45) is 7.31. The van der Waals surface area contributed by atoms with Gasteiger partial charge in [-0.05, 0) is 19.3 Å².